The number of aliphatic carboxylic acids is 1. The molecule has 1 heterocycles. The van der Waals surface area contributed by atoms with Gasteiger partial charge in [-0.05, 0) is 24.3 Å². The molecule has 0 aromatic heterocycles. The summed E-state index contributed by atoms with van der Waals surface area (Å²) in [5.41, 5.74) is 6.52. The van der Waals surface area contributed by atoms with Crippen LogP contribution in [0.1, 0.15) is 16.8 Å². The zero-order valence-corrected chi connectivity index (χ0v) is 11.4. The molecule has 1 aliphatic rings. The summed E-state index contributed by atoms with van der Waals surface area (Å²) in [7, 11) is 0. The maximum Gasteiger partial charge on any atom is 0.303 e. The van der Waals surface area contributed by atoms with E-state index in [0.717, 1.165) is 0 Å². The fourth-order valence-corrected chi connectivity index (χ4v) is 2.15. The van der Waals surface area contributed by atoms with Crippen molar-refractivity contribution in [2.24, 2.45) is 5.92 Å². The monoisotopic (exact) mass is 291 g/mol. The van der Waals surface area contributed by atoms with Crippen LogP contribution in [0.2, 0.25) is 0 Å². The third kappa shape index (κ3) is 3.95. The minimum Gasteiger partial charge on any atom is -0.481 e. The van der Waals surface area contributed by atoms with E-state index in [0.29, 0.717) is 24.3 Å². The number of benzene rings is 1. The van der Waals surface area contributed by atoms with Crippen molar-refractivity contribution in [3.8, 4) is 0 Å². The number of hydrogen-bond donors (Lipinski definition) is 3. The predicted octanol–water partition coefficient (Wildman–Crippen LogP) is -0.0683. The number of carbonyl (C=O) groups is 3. The molecular weight excluding hydrogens is 274 g/mol. The SMILES string of the molecule is Nc1ccc(C(=O)NCC(=O)N2CC(CC(=O)O)C2)cc1. The molecule has 1 saturated heterocycles. The molecule has 7 heteroatoms. The van der Waals surface area contributed by atoms with Crippen LogP contribution in [0.5, 0.6) is 0 Å². The van der Waals surface area contributed by atoms with E-state index in [9.17, 15) is 14.4 Å². The molecule has 112 valence electrons. The Balaban J connectivity index is 1.74. The number of carbonyl (C=O) groups excluding carboxylic acids is 2. The topological polar surface area (TPSA) is 113 Å². The molecule has 0 atom stereocenters. The molecule has 1 fully saturated rings. The number of rotatable bonds is 5. The number of amides is 2. The van der Waals surface area contributed by atoms with Gasteiger partial charge < -0.3 is 21.1 Å². The average molecular weight is 291 g/mol. The first-order chi connectivity index (χ1) is 9.95. The van der Waals surface area contributed by atoms with E-state index in [1.54, 1.807) is 24.3 Å². The summed E-state index contributed by atoms with van der Waals surface area (Å²) in [5, 5.41) is 11.2. The number of carboxylic acid groups (broad SMARTS) is 1. The molecule has 1 aromatic rings. The van der Waals surface area contributed by atoms with Gasteiger partial charge in [0.1, 0.15) is 0 Å². The molecule has 0 spiro atoms. The van der Waals surface area contributed by atoms with Crippen LogP contribution >= 0.6 is 0 Å². The molecule has 2 rings (SSSR count). The van der Waals surface area contributed by atoms with E-state index >= 15 is 0 Å². The Morgan fingerprint density at radius 3 is 2.43 bits per heavy atom. The molecular formula is C14H17N3O4. The second kappa shape index (κ2) is 6.25. The summed E-state index contributed by atoms with van der Waals surface area (Å²) >= 11 is 0. The summed E-state index contributed by atoms with van der Waals surface area (Å²) in [4.78, 5) is 35.6. The van der Waals surface area contributed by atoms with Gasteiger partial charge in [-0.15, -0.1) is 0 Å². The fraction of sp³-hybridized carbons (Fsp3) is 0.357. The van der Waals surface area contributed by atoms with Crippen LogP contribution < -0.4 is 11.1 Å². The van der Waals surface area contributed by atoms with Gasteiger partial charge in [0, 0.05) is 30.3 Å². The normalized spacial score (nSPS) is 14.4. The summed E-state index contributed by atoms with van der Waals surface area (Å²) in [6, 6.07) is 6.40. The van der Waals surface area contributed by atoms with Crippen LogP contribution in [0.25, 0.3) is 0 Å². The third-order valence-electron chi connectivity index (χ3n) is 3.35. The van der Waals surface area contributed by atoms with E-state index in [-0.39, 0.29) is 30.7 Å². The lowest BCUT2D eigenvalue weighted by atomic mass is 9.96. The largest absolute Gasteiger partial charge is 0.481 e. The van der Waals surface area contributed by atoms with Gasteiger partial charge in [0.25, 0.3) is 5.91 Å². The minimum absolute atomic E-state index is 0.0132. The molecule has 0 saturated carbocycles. The third-order valence-corrected chi connectivity index (χ3v) is 3.35. The Morgan fingerprint density at radius 2 is 1.86 bits per heavy atom. The van der Waals surface area contributed by atoms with E-state index in [1.165, 1.54) is 4.90 Å². The molecule has 1 aliphatic heterocycles. The van der Waals surface area contributed by atoms with Crippen LogP contribution in [0, 0.1) is 5.92 Å². The van der Waals surface area contributed by atoms with E-state index in [4.69, 9.17) is 10.8 Å². The highest BCUT2D eigenvalue weighted by atomic mass is 16.4. The van der Waals surface area contributed by atoms with Gasteiger partial charge in [0.15, 0.2) is 0 Å². The molecule has 2 amide bonds. The first-order valence-corrected chi connectivity index (χ1v) is 6.59. The van der Waals surface area contributed by atoms with Crippen LogP contribution in [0.3, 0.4) is 0 Å². The number of likely N-dealkylation sites (tertiary alicyclic amines) is 1. The highest BCUT2D eigenvalue weighted by Gasteiger charge is 2.31. The molecule has 0 bridgehead atoms. The smallest absolute Gasteiger partial charge is 0.303 e. The average Bonchev–Trinajstić information content (AvgIpc) is 2.40. The number of anilines is 1. The van der Waals surface area contributed by atoms with E-state index < -0.39 is 5.97 Å². The van der Waals surface area contributed by atoms with Crippen molar-refractivity contribution in [3.05, 3.63) is 29.8 Å². The molecule has 1 aromatic carbocycles. The van der Waals surface area contributed by atoms with Gasteiger partial charge in [-0.1, -0.05) is 0 Å². The molecule has 0 radical (unpaired) electrons. The lowest BCUT2D eigenvalue weighted by Gasteiger charge is -2.38. The van der Waals surface area contributed by atoms with Gasteiger partial charge >= 0.3 is 5.97 Å². The van der Waals surface area contributed by atoms with Gasteiger partial charge in [-0.3, -0.25) is 14.4 Å². The predicted molar refractivity (Wildman–Crippen MR) is 75.5 cm³/mol. The highest BCUT2D eigenvalue weighted by Crippen LogP contribution is 2.18. The molecule has 0 aliphatic carbocycles. The zero-order valence-electron chi connectivity index (χ0n) is 11.4. The summed E-state index contributed by atoms with van der Waals surface area (Å²) in [5.74, 6) is -1.39. The second-order valence-electron chi connectivity index (χ2n) is 5.07. The van der Waals surface area contributed by atoms with Crippen LogP contribution in [-0.4, -0.2) is 47.4 Å². The van der Waals surface area contributed by atoms with Gasteiger partial charge in [-0.25, -0.2) is 0 Å². The highest BCUT2D eigenvalue weighted by molar-refractivity contribution is 5.96. The van der Waals surface area contributed by atoms with Crippen molar-refractivity contribution >= 4 is 23.5 Å². The number of nitrogens with zero attached hydrogens (tertiary/aromatic N) is 1. The van der Waals surface area contributed by atoms with Crippen LogP contribution in [-0.2, 0) is 9.59 Å². The molecule has 21 heavy (non-hydrogen) atoms. The summed E-state index contributed by atoms with van der Waals surface area (Å²) in [6.45, 7) is 0.773. The summed E-state index contributed by atoms with van der Waals surface area (Å²) < 4.78 is 0. The lowest BCUT2D eigenvalue weighted by molar-refractivity contribution is -0.144. The van der Waals surface area contributed by atoms with E-state index in [1.807, 2.05) is 0 Å². The van der Waals surface area contributed by atoms with Crippen molar-refractivity contribution in [1.29, 1.82) is 0 Å². The number of nitrogen functional groups attached to an aromatic ring is 1. The summed E-state index contributed by atoms with van der Waals surface area (Å²) in [6.07, 6.45) is 0.0710. The number of nitrogens with two attached hydrogens (primary N) is 1. The van der Waals surface area contributed by atoms with Crippen molar-refractivity contribution in [2.45, 2.75) is 6.42 Å². The Bertz CT molecular complexity index is 550. The Hall–Kier alpha value is -2.57. The molecule has 7 nitrogen and oxygen atoms in total. The standard InChI is InChI=1S/C14H17N3O4/c15-11-3-1-10(2-4-11)14(21)16-6-12(18)17-7-9(8-17)5-13(19)20/h1-4,9H,5-8,15H2,(H,16,21)(H,19,20). The van der Waals surface area contributed by atoms with Crippen molar-refractivity contribution in [3.63, 3.8) is 0 Å². The second-order valence-corrected chi connectivity index (χ2v) is 5.07. The van der Waals surface area contributed by atoms with Gasteiger partial charge in [-0.2, -0.15) is 0 Å². The number of carboxylic acids is 1. The fourth-order valence-electron chi connectivity index (χ4n) is 2.15. The van der Waals surface area contributed by atoms with Crippen molar-refractivity contribution in [1.82, 2.24) is 10.2 Å². The maximum absolute atomic E-state index is 11.8. The molecule has 0 unspecified atom stereocenters. The van der Waals surface area contributed by atoms with Crippen molar-refractivity contribution in [2.75, 3.05) is 25.4 Å². The molecule has 4 N–H and O–H groups in total. The Kier molecular flexibility index (Phi) is 4.42. The number of nitrogens with one attached hydrogen (secondary N) is 1. The van der Waals surface area contributed by atoms with Crippen LogP contribution in [0.4, 0.5) is 5.69 Å². The van der Waals surface area contributed by atoms with Crippen LogP contribution in [0.15, 0.2) is 24.3 Å². The zero-order chi connectivity index (χ0) is 15.4. The minimum atomic E-state index is -0.858. The Labute approximate surface area is 121 Å². The Morgan fingerprint density at radius 1 is 1.24 bits per heavy atom. The maximum atomic E-state index is 11.8. The quantitative estimate of drug-likeness (QED) is 0.657. The first kappa shape index (κ1) is 14.8. The van der Waals surface area contributed by atoms with E-state index in [2.05, 4.69) is 5.32 Å². The van der Waals surface area contributed by atoms with Gasteiger partial charge in [0.05, 0.1) is 13.0 Å². The number of hydrogen-bond acceptors (Lipinski definition) is 4. The lowest BCUT2D eigenvalue weighted by Crippen LogP contribution is -2.53. The van der Waals surface area contributed by atoms with Gasteiger partial charge in [0.2, 0.25) is 5.91 Å². The first-order valence-electron chi connectivity index (χ1n) is 6.59. The van der Waals surface area contributed by atoms with Crippen molar-refractivity contribution < 1.29 is 19.5 Å².